The van der Waals surface area contributed by atoms with Gasteiger partial charge in [0.2, 0.25) is 0 Å². The van der Waals surface area contributed by atoms with Gasteiger partial charge in [0.25, 0.3) is 0 Å². The zero-order chi connectivity index (χ0) is 27.1. The van der Waals surface area contributed by atoms with Crippen LogP contribution in [0.3, 0.4) is 0 Å². The van der Waals surface area contributed by atoms with Gasteiger partial charge in [-0.15, -0.1) is 0 Å². The van der Waals surface area contributed by atoms with Crippen molar-refractivity contribution in [3.05, 3.63) is 86.7 Å². The number of aromatic nitrogens is 1. The molecule has 0 aliphatic heterocycles. The summed E-state index contributed by atoms with van der Waals surface area (Å²) in [7, 11) is 0. The van der Waals surface area contributed by atoms with Gasteiger partial charge < -0.3 is 37.2 Å². The quantitative estimate of drug-likeness (QED) is 0.271. The van der Waals surface area contributed by atoms with Crippen LogP contribution in [0.15, 0.2) is 46.4 Å². The molecular weight excluding hydrogens is 701 g/mol. The van der Waals surface area contributed by atoms with E-state index in [1.54, 1.807) is 0 Å². The number of hydrogen-bond acceptors (Lipinski definition) is 3. The number of pyridine rings is 1. The summed E-state index contributed by atoms with van der Waals surface area (Å²) in [5.41, 5.74) is 15.2. The Morgan fingerprint density at radius 1 is 0.537 bits per heavy atom. The minimum absolute atomic E-state index is 0. The van der Waals surface area contributed by atoms with Crippen LogP contribution in [0.4, 0.5) is 11.4 Å². The van der Waals surface area contributed by atoms with E-state index < -0.39 is 0 Å². The van der Waals surface area contributed by atoms with Crippen molar-refractivity contribution in [3.8, 4) is 0 Å². The predicted molar refractivity (Wildman–Crippen MR) is 162 cm³/mol. The molecule has 221 valence electrons. The maximum atomic E-state index is 5.16. The number of hydrogen-bond donors (Lipinski definition) is 0. The number of rotatable bonds is 10. The van der Waals surface area contributed by atoms with Gasteiger partial charge in [-0.3, -0.25) is 9.98 Å². The number of aryl methyl sites for hydroxylation is 7. The molecule has 0 aliphatic rings. The van der Waals surface area contributed by atoms with Crippen LogP contribution in [-0.4, -0.2) is 16.4 Å². The number of benzene rings is 2. The standard InChI is InChI=1S/C34H45N3.3ClH.Nd/c1-10-25-18-27(12-3)33(28(13-4)19-25)35-23(8)31-16-22(7)17-32(37-31)24(9)36-34-29(14-5)20-26(11-2)21-30(34)15-6;;;;/h16-21H,10-15H2,1-9H3;3*1H;/q;;;;+3/p-3. The van der Waals surface area contributed by atoms with Gasteiger partial charge in [-0.1, -0.05) is 65.8 Å². The molecule has 0 aliphatic carbocycles. The molecule has 0 spiro atoms. The first-order chi connectivity index (χ1) is 17.8. The molecule has 41 heavy (non-hydrogen) atoms. The zero-order valence-corrected chi connectivity index (χ0v) is 31.7. The predicted octanol–water partition coefficient (Wildman–Crippen LogP) is 0.0578. The van der Waals surface area contributed by atoms with Crippen molar-refractivity contribution >= 4 is 22.8 Å². The molecule has 1 aromatic heterocycles. The number of aliphatic imine (C=N–C) groups is 2. The van der Waals surface area contributed by atoms with Crippen LogP contribution in [0.2, 0.25) is 0 Å². The van der Waals surface area contributed by atoms with Crippen LogP contribution < -0.4 is 37.2 Å². The fraction of sp³-hybridized carbons (Fsp3) is 0.441. The monoisotopic (exact) mass is 742 g/mol. The van der Waals surface area contributed by atoms with Crippen molar-refractivity contribution in [2.75, 3.05) is 0 Å². The normalized spacial score (nSPS) is 11.1. The first kappa shape index (κ1) is 42.3. The molecule has 0 saturated carbocycles. The van der Waals surface area contributed by atoms with Crippen LogP contribution >= 0.6 is 0 Å². The van der Waals surface area contributed by atoms with Gasteiger partial charge in [-0.2, -0.15) is 0 Å². The number of nitrogens with zero attached hydrogens (tertiary/aromatic N) is 3. The van der Waals surface area contributed by atoms with Gasteiger partial charge >= 0.3 is 40.8 Å². The average Bonchev–Trinajstić information content (AvgIpc) is 2.92. The Kier molecular flexibility index (Phi) is 20.8. The maximum Gasteiger partial charge on any atom is 3.00 e. The first-order valence-corrected chi connectivity index (χ1v) is 14.2. The van der Waals surface area contributed by atoms with Crippen LogP contribution in [0.1, 0.15) is 106 Å². The maximum absolute atomic E-state index is 5.16. The van der Waals surface area contributed by atoms with E-state index in [-0.39, 0.29) is 78.1 Å². The number of halogens is 3. The largest absolute Gasteiger partial charge is 3.00 e. The smallest absolute Gasteiger partial charge is 1.00 e. The minimum atomic E-state index is 0. The second kappa shape index (κ2) is 20.2. The topological polar surface area (TPSA) is 37.6 Å². The van der Waals surface area contributed by atoms with Crippen molar-refractivity contribution in [2.24, 2.45) is 9.98 Å². The molecule has 0 atom stereocenters. The summed E-state index contributed by atoms with van der Waals surface area (Å²) in [5.74, 6) is 0. The third-order valence-corrected chi connectivity index (χ3v) is 7.27. The molecule has 3 aromatic rings. The Morgan fingerprint density at radius 3 is 1.07 bits per heavy atom. The Labute approximate surface area is 300 Å². The van der Waals surface area contributed by atoms with E-state index in [4.69, 9.17) is 15.0 Å². The molecule has 3 rings (SSSR count). The van der Waals surface area contributed by atoms with Gasteiger partial charge in [-0.05, 0) is 110 Å². The molecule has 0 amide bonds. The molecule has 0 bridgehead atoms. The third-order valence-electron chi connectivity index (χ3n) is 7.27. The molecule has 1 heterocycles. The summed E-state index contributed by atoms with van der Waals surface area (Å²) in [5, 5.41) is 0. The van der Waals surface area contributed by atoms with Crippen LogP contribution in [0, 0.1) is 47.8 Å². The fourth-order valence-corrected chi connectivity index (χ4v) is 4.93. The summed E-state index contributed by atoms with van der Waals surface area (Å²) < 4.78 is 0. The summed E-state index contributed by atoms with van der Waals surface area (Å²) >= 11 is 0. The summed E-state index contributed by atoms with van der Waals surface area (Å²) in [6.07, 6.45) is 5.99. The van der Waals surface area contributed by atoms with Gasteiger partial charge in [0.05, 0.1) is 34.2 Å². The summed E-state index contributed by atoms with van der Waals surface area (Å²) in [6, 6.07) is 13.5. The van der Waals surface area contributed by atoms with Crippen molar-refractivity contribution in [3.63, 3.8) is 0 Å². The van der Waals surface area contributed by atoms with Crippen molar-refractivity contribution in [2.45, 2.75) is 101 Å². The zero-order valence-electron chi connectivity index (χ0n) is 26.2. The third kappa shape index (κ3) is 10.7. The van der Waals surface area contributed by atoms with Crippen molar-refractivity contribution in [1.82, 2.24) is 4.98 Å². The second-order valence-electron chi connectivity index (χ2n) is 9.96. The molecule has 0 fully saturated rings. The molecule has 0 N–H and O–H groups in total. The summed E-state index contributed by atoms with van der Waals surface area (Å²) in [4.78, 5) is 15.4. The molecular formula is C34H45Cl3N3Nd. The average molecular weight is 746 g/mol. The SMILES string of the molecule is CCc1cc(CC)c(N=C(C)c2cc(C)cc(C(C)=Nc3c(CC)cc(CC)cc3CC)n2)c(CC)c1.[Cl-].[Cl-].[Cl-].[Nd+3]. The molecule has 0 unspecified atom stereocenters. The molecule has 1 radical (unpaired) electrons. The van der Waals surface area contributed by atoms with Crippen LogP contribution in [0.25, 0.3) is 0 Å². The Bertz CT molecular complexity index is 1190. The van der Waals surface area contributed by atoms with E-state index >= 15 is 0 Å². The Morgan fingerprint density at radius 2 is 0.829 bits per heavy atom. The van der Waals surface area contributed by atoms with E-state index in [0.717, 1.165) is 72.7 Å². The molecule has 3 nitrogen and oxygen atoms in total. The van der Waals surface area contributed by atoms with Gasteiger partial charge in [0.1, 0.15) is 0 Å². The van der Waals surface area contributed by atoms with Crippen molar-refractivity contribution in [1.29, 1.82) is 0 Å². The van der Waals surface area contributed by atoms with Gasteiger partial charge in [0, 0.05) is 0 Å². The van der Waals surface area contributed by atoms with E-state index in [9.17, 15) is 0 Å². The van der Waals surface area contributed by atoms with E-state index in [0.29, 0.717) is 0 Å². The van der Waals surface area contributed by atoms with E-state index in [1.807, 2.05) is 0 Å². The minimum Gasteiger partial charge on any atom is -1.00 e. The molecule has 7 heteroatoms. The first-order valence-electron chi connectivity index (χ1n) is 14.2. The second-order valence-corrected chi connectivity index (χ2v) is 9.96. The van der Waals surface area contributed by atoms with Gasteiger partial charge in [0.15, 0.2) is 0 Å². The summed E-state index contributed by atoms with van der Waals surface area (Å²) in [6.45, 7) is 19.6. The van der Waals surface area contributed by atoms with Crippen LogP contribution in [0.5, 0.6) is 0 Å². The van der Waals surface area contributed by atoms with Gasteiger partial charge in [-0.25, -0.2) is 4.98 Å². The van der Waals surface area contributed by atoms with E-state index in [2.05, 4.69) is 98.7 Å². The fourth-order valence-electron chi connectivity index (χ4n) is 4.93. The molecule has 2 aromatic carbocycles. The van der Waals surface area contributed by atoms with Crippen LogP contribution in [-0.2, 0) is 38.5 Å². The Balaban J connectivity index is 0. The van der Waals surface area contributed by atoms with Crippen molar-refractivity contribution < 1.29 is 78.1 Å². The Hall–Kier alpha value is -0.849. The molecule has 0 saturated heterocycles. The van der Waals surface area contributed by atoms with E-state index in [1.165, 1.54) is 38.9 Å².